The zero-order valence-corrected chi connectivity index (χ0v) is 9.57. The Kier molecular flexibility index (Phi) is 4.09. The highest BCUT2D eigenvalue weighted by Crippen LogP contribution is 2.14. The minimum atomic E-state index is -3.53. The van der Waals surface area contributed by atoms with Crippen molar-refractivity contribution in [2.24, 2.45) is 0 Å². The second-order valence-corrected chi connectivity index (χ2v) is 4.78. The van der Waals surface area contributed by atoms with Crippen LogP contribution in [-0.4, -0.2) is 15.5 Å². The first-order valence-electron chi connectivity index (χ1n) is 4.52. The van der Waals surface area contributed by atoms with Crippen LogP contribution in [0.4, 0.5) is 0 Å². The molecule has 5 heteroatoms. The number of sulfone groups is 1. The monoisotopic (exact) mass is 237 g/mol. The number of nitrogens with zero attached hydrogens (tertiary/aromatic N) is 1. The van der Waals surface area contributed by atoms with Gasteiger partial charge >= 0.3 is 0 Å². The second-order valence-electron chi connectivity index (χ2n) is 2.98. The Morgan fingerprint density at radius 1 is 1.44 bits per heavy atom. The van der Waals surface area contributed by atoms with Crippen LogP contribution in [0.15, 0.2) is 46.4 Å². The topological polar surface area (TPSA) is 67.2 Å². The van der Waals surface area contributed by atoms with Crippen LogP contribution in [0.25, 0.3) is 0 Å². The van der Waals surface area contributed by atoms with Gasteiger partial charge in [0.1, 0.15) is 5.76 Å². The predicted molar refractivity (Wildman–Crippen MR) is 58.9 cm³/mol. The molecule has 0 atom stereocenters. The largest absolute Gasteiger partial charge is 0.499 e. The lowest BCUT2D eigenvalue weighted by molar-refractivity contribution is 0.286. The predicted octanol–water partition coefficient (Wildman–Crippen LogP) is 1.86. The van der Waals surface area contributed by atoms with Gasteiger partial charge in [0.2, 0.25) is 9.84 Å². The molecule has 84 valence electrons. The highest BCUT2D eigenvalue weighted by molar-refractivity contribution is 7.94. The minimum absolute atomic E-state index is 0.0669. The van der Waals surface area contributed by atoms with Gasteiger partial charge in [0.15, 0.2) is 0 Å². The summed E-state index contributed by atoms with van der Waals surface area (Å²) in [7, 11) is -2.19. The average molecular weight is 237 g/mol. The number of rotatable bonds is 4. The van der Waals surface area contributed by atoms with E-state index in [4.69, 9.17) is 10.00 Å². The summed E-state index contributed by atoms with van der Waals surface area (Å²) in [4.78, 5) is 0.183. The molecule has 0 saturated heterocycles. The molecule has 0 fully saturated rings. The van der Waals surface area contributed by atoms with E-state index in [1.165, 1.54) is 19.2 Å². The van der Waals surface area contributed by atoms with Crippen LogP contribution in [0.3, 0.4) is 0 Å². The van der Waals surface area contributed by atoms with Gasteiger partial charge < -0.3 is 4.74 Å². The smallest absolute Gasteiger partial charge is 0.203 e. The summed E-state index contributed by atoms with van der Waals surface area (Å²) in [5.74, 6) is 0.131. The van der Waals surface area contributed by atoms with Crippen molar-refractivity contribution in [1.29, 1.82) is 5.26 Å². The molecule has 0 aliphatic rings. The van der Waals surface area contributed by atoms with E-state index in [0.29, 0.717) is 0 Å². The summed E-state index contributed by atoms with van der Waals surface area (Å²) in [5, 5.41) is 9.45. The van der Waals surface area contributed by atoms with Gasteiger partial charge in [0.25, 0.3) is 0 Å². The Morgan fingerprint density at radius 3 is 2.56 bits per heavy atom. The van der Waals surface area contributed by atoms with Crippen molar-refractivity contribution in [2.45, 2.75) is 11.3 Å². The van der Waals surface area contributed by atoms with E-state index < -0.39 is 9.84 Å². The fourth-order valence-corrected chi connectivity index (χ4v) is 2.29. The lowest BCUT2D eigenvalue weighted by Crippen LogP contribution is -1.99. The van der Waals surface area contributed by atoms with E-state index in [1.807, 2.05) is 6.07 Å². The lowest BCUT2D eigenvalue weighted by Gasteiger charge is -2.02. The maximum atomic E-state index is 11.8. The molecule has 0 aliphatic heterocycles. The molecule has 4 nitrogen and oxygen atoms in total. The van der Waals surface area contributed by atoms with Crippen molar-refractivity contribution >= 4 is 9.84 Å². The zero-order valence-electron chi connectivity index (χ0n) is 8.75. The molecule has 1 aromatic carbocycles. The Labute approximate surface area is 94.7 Å². The summed E-state index contributed by atoms with van der Waals surface area (Å²) in [5.41, 5.74) is 0. The summed E-state index contributed by atoms with van der Waals surface area (Å²) in [6, 6.07) is 9.82. The van der Waals surface area contributed by atoms with Gasteiger partial charge in [-0.15, -0.1) is 0 Å². The van der Waals surface area contributed by atoms with Crippen LogP contribution in [0.2, 0.25) is 0 Å². The molecule has 16 heavy (non-hydrogen) atoms. The first-order valence-corrected chi connectivity index (χ1v) is 6.06. The fraction of sp³-hybridized carbons (Fsp3) is 0.182. The van der Waals surface area contributed by atoms with Gasteiger partial charge in [-0.3, -0.25) is 0 Å². The maximum Gasteiger partial charge on any atom is 0.203 e. The molecular formula is C11H11NO3S. The molecule has 1 aromatic rings. The van der Waals surface area contributed by atoms with Crippen molar-refractivity contribution in [3.8, 4) is 6.07 Å². The highest BCUT2D eigenvalue weighted by Gasteiger charge is 2.12. The van der Waals surface area contributed by atoms with E-state index in [9.17, 15) is 8.42 Å². The van der Waals surface area contributed by atoms with E-state index in [-0.39, 0.29) is 17.1 Å². The van der Waals surface area contributed by atoms with Crippen molar-refractivity contribution in [1.82, 2.24) is 0 Å². The normalized spacial score (nSPS) is 11.9. The zero-order chi connectivity index (χ0) is 12.0. The van der Waals surface area contributed by atoms with Crippen molar-refractivity contribution < 1.29 is 13.2 Å². The van der Waals surface area contributed by atoms with Crippen LogP contribution in [-0.2, 0) is 14.6 Å². The molecule has 0 saturated carbocycles. The third-order valence-electron chi connectivity index (χ3n) is 1.87. The lowest BCUT2D eigenvalue weighted by atomic mass is 10.4. The highest BCUT2D eigenvalue weighted by atomic mass is 32.2. The van der Waals surface area contributed by atoms with Crippen LogP contribution in [0.1, 0.15) is 6.42 Å². The minimum Gasteiger partial charge on any atom is -0.499 e. The van der Waals surface area contributed by atoms with E-state index >= 15 is 0 Å². The first kappa shape index (κ1) is 12.3. The number of hydrogen-bond donors (Lipinski definition) is 0. The molecule has 0 spiro atoms. The summed E-state index contributed by atoms with van der Waals surface area (Å²) in [6.07, 6.45) is -0.0669. The summed E-state index contributed by atoms with van der Waals surface area (Å²) in [6.45, 7) is 0. The Balaban J connectivity index is 3.10. The van der Waals surface area contributed by atoms with Gasteiger partial charge in [-0.2, -0.15) is 5.26 Å². The molecule has 0 aliphatic carbocycles. The number of allylic oxidation sites excluding steroid dienone is 1. The third-order valence-corrected chi connectivity index (χ3v) is 3.38. The van der Waals surface area contributed by atoms with E-state index in [1.54, 1.807) is 18.2 Å². The van der Waals surface area contributed by atoms with Crippen molar-refractivity contribution in [2.75, 3.05) is 7.11 Å². The number of nitriles is 1. The van der Waals surface area contributed by atoms with Crippen LogP contribution in [0.5, 0.6) is 0 Å². The SMILES string of the molecule is COC(=CS(=O)(=O)c1ccccc1)CC#N. The average Bonchev–Trinajstić information content (AvgIpc) is 2.29. The van der Waals surface area contributed by atoms with Gasteiger partial charge in [-0.05, 0) is 12.1 Å². The van der Waals surface area contributed by atoms with Crippen molar-refractivity contribution in [3.63, 3.8) is 0 Å². The molecule has 0 radical (unpaired) electrons. The fourth-order valence-electron chi connectivity index (χ4n) is 1.09. The number of ether oxygens (including phenoxy) is 1. The quantitative estimate of drug-likeness (QED) is 0.749. The first-order chi connectivity index (χ1) is 7.60. The molecule has 0 unspecified atom stereocenters. The Hall–Kier alpha value is -1.80. The molecule has 0 heterocycles. The summed E-state index contributed by atoms with van der Waals surface area (Å²) >= 11 is 0. The summed E-state index contributed by atoms with van der Waals surface area (Å²) < 4.78 is 28.4. The van der Waals surface area contributed by atoms with Gasteiger partial charge in [-0.25, -0.2) is 8.42 Å². The number of methoxy groups -OCH3 is 1. The van der Waals surface area contributed by atoms with Gasteiger partial charge in [-0.1, -0.05) is 18.2 Å². The molecule has 0 bridgehead atoms. The van der Waals surface area contributed by atoms with Gasteiger partial charge in [0, 0.05) is 0 Å². The number of benzene rings is 1. The molecule has 0 amide bonds. The Bertz CT molecular complexity index is 512. The molecule has 1 rings (SSSR count). The van der Waals surface area contributed by atoms with Crippen LogP contribution >= 0.6 is 0 Å². The number of hydrogen-bond acceptors (Lipinski definition) is 4. The van der Waals surface area contributed by atoms with Crippen molar-refractivity contribution in [3.05, 3.63) is 41.5 Å². The molecular weight excluding hydrogens is 226 g/mol. The van der Waals surface area contributed by atoms with Crippen LogP contribution in [0, 0.1) is 11.3 Å². The standard InChI is InChI=1S/C11H11NO3S/c1-15-10(7-8-12)9-16(13,14)11-5-3-2-4-6-11/h2-6,9H,7H2,1H3. The molecule has 0 aromatic heterocycles. The van der Waals surface area contributed by atoms with E-state index in [2.05, 4.69) is 0 Å². The van der Waals surface area contributed by atoms with Crippen LogP contribution < -0.4 is 0 Å². The maximum absolute atomic E-state index is 11.8. The Morgan fingerprint density at radius 2 is 2.06 bits per heavy atom. The second kappa shape index (κ2) is 5.33. The molecule has 0 N–H and O–H groups in total. The van der Waals surface area contributed by atoms with Gasteiger partial charge in [0.05, 0.1) is 29.9 Å². The van der Waals surface area contributed by atoms with E-state index in [0.717, 1.165) is 5.41 Å². The third kappa shape index (κ3) is 3.11.